The topological polar surface area (TPSA) is 587 Å². The van der Waals surface area contributed by atoms with Gasteiger partial charge in [-0.15, -0.1) is 0 Å². The minimum atomic E-state index is -1.87. The number of nitrogens with two attached hydrogens (primary N) is 3. The van der Waals surface area contributed by atoms with Crippen molar-refractivity contribution in [1.82, 2.24) is 74.1 Å². The Kier molecular flexibility index (Phi) is 40.3. The molecule has 3 rings (SSSR count). The Labute approximate surface area is 621 Å². The summed E-state index contributed by atoms with van der Waals surface area (Å²) in [7, 11) is 0. The molecule has 0 unspecified atom stereocenters. The van der Waals surface area contributed by atoms with Crippen molar-refractivity contribution in [2.75, 3.05) is 39.4 Å². The van der Waals surface area contributed by atoms with Gasteiger partial charge in [-0.05, 0) is 93.6 Å². The molecule has 3 aromatic rings. The van der Waals surface area contributed by atoms with Gasteiger partial charge in [0.25, 0.3) is 0 Å². The van der Waals surface area contributed by atoms with Crippen LogP contribution in [-0.4, -0.2) is 226 Å². The Hall–Kier alpha value is -10.2. The minimum absolute atomic E-state index is 0.0716. The van der Waals surface area contributed by atoms with Crippen LogP contribution in [0.15, 0.2) is 60.8 Å². The molecule has 594 valence electrons. The molecular weight excluding hydrogens is 1390 g/mol. The molecule has 12 atom stereocenters. The number of para-hydroxylation sites is 1. The smallest absolute Gasteiger partial charge is 0.325 e. The number of aromatic amines is 1. The van der Waals surface area contributed by atoms with Gasteiger partial charge in [-0.25, -0.2) is 0 Å². The number of unbranched alkanes of at least 4 members (excludes halogenated alkanes) is 4. The van der Waals surface area contributed by atoms with Crippen molar-refractivity contribution in [3.8, 4) is 0 Å². The minimum Gasteiger partial charge on any atom is -0.481 e. The molecule has 0 aliphatic rings. The second-order valence-electron chi connectivity index (χ2n) is 27.0. The maximum Gasteiger partial charge on any atom is 0.325 e. The van der Waals surface area contributed by atoms with E-state index < -0.39 is 200 Å². The summed E-state index contributed by atoms with van der Waals surface area (Å²) in [5.41, 5.74) is 19.2. The Bertz CT molecular complexity index is 3470. The Morgan fingerprint density at radius 2 is 0.804 bits per heavy atom. The molecule has 0 aliphatic heterocycles. The highest BCUT2D eigenvalue weighted by atomic mass is 16.4. The second-order valence-corrected chi connectivity index (χ2v) is 27.0. The molecule has 107 heavy (non-hydrogen) atoms. The third-order valence-electron chi connectivity index (χ3n) is 17.3. The molecule has 0 fully saturated rings. The lowest BCUT2D eigenvalue weighted by Crippen LogP contribution is -2.62. The molecular formula is C71H111N17O19. The number of hydrogen-bond donors (Lipinski definition) is 21. The number of carboxylic acid groups (broad SMARTS) is 2. The normalized spacial score (nSPS) is 14.6. The van der Waals surface area contributed by atoms with E-state index in [1.165, 1.54) is 6.92 Å². The van der Waals surface area contributed by atoms with E-state index in [9.17, 15) is 92.3 Å². The number of aliphatic hydroxyl groups is 2. The summed E-state index contributed by atoms with van der Waals surface area (Å²) in [6, 6.07) is -2.94. The highest BCUT2D eigenvalue weighted by molar-refractivity contribution is 6.00. The number of aliphatic hydroxyl groups excluding tert-OH is 2. The molecule has 1 heterocycles. The van der Waals surface area contributed by atoms with Crippen LogP contribution in [0.3, 0.4) is 0 Å². The van der Waals surface area contributed by atoms with Crippen molar-refractivity contribution in [2.45, 2.75) is 211 Å². The number of aliphatic carboxylic acids is 2. The SMILES string of the molecule is CCCCCCCC(=O)N[C@@H](C(=O)N[C@H](CCN)C(=O)NCC(=O)N[C@H](CO)C(=O)N[C@H](Cc1c[nH]c2ccccc12)C(=O)N[C@@H](CO)C(=O)N[C@@H](CCN)C(=O)N[C@@H](CCN)C(=O)N[C@@H](Cc1ccccc1)C(=O)N[C@@H](CCC(=O)O)C(=O)N[C@H](C(=O)N[C@@H](C(=O)N[C@@H](C)C(=O)O)C(C)C)C(C)C)C(C)C. The first-order valence-electron chi connectivity index (χ1n) is 36.0. The zero-order valence-electron chi connectivity index (χ0n) is 62.0. The Balaban J connectivity index is 1.85. The van der Waals surface area contributed by atoms with E-state index in [1.54, 1.807) is 102 Å². The van der Waals surface area contributed by atoms with Gasteiger partial charge in [0.1, 0.15) is 72.5 Å². The Morgan fingerprint density at radius 1 is 0.402 bits per heavy atom. The van der Waals surface area contributed by atoms with E-state index in [1.807, 2.05) is 0 Å². The van der Waals surface area contributed by atoms with Crippen LogP contribution in [-0.2, 0) is 84.8 Å². The number of carbonyl (C=O) groups is 15. The highest BCUT2D eigenvalue weighted by Gasteiger charge is 2.38. The van der Waals surface area contributed by atoms with Crippen LogP contribution in [0.1, 0.15) is 137 Å². The van der Waals surface area contributed by atoms with Gasteiger partial charge in [0.2, 0.25) is 76.8 Å². The van der Waals surface area contributed by atoms with Crippen LogP contribution in [0.25, 0.3) is 10.9 Å². The number of hydrogen-bond acceptors (Lipinski definition) is 20. The number of H-pyrrole nitrogens is 1. The van der Waals surface area contributed by atoms with Gasteiger partial charge < -0.3 is 112 Å². The number of carboxylic acids is 2. The largest absolute Gasteiger partial charge is 0.481 e. The van der Waals surface area contributed by atoms with Crippen LogP contribution in [0.5, 0.6) is 0 Å². The van der Waals surface area contributed by atoms with Gasteiger partial charge >= 0.3 is 11.9 Å². The van der Waals surface area contributed by atoms with Crippen LogP contribution in [0.2, 0.25) is 0 Å². The highest BCUT2D eigenvalue weighted by Crippen LogP contribution is 2.20. The molecule has 24 N–H and O–H groups in total. The van der Waals surface area contributed by atoms with Gasteiger partial charge in [-0.2, -0.15) is 0 Å². The molecule has 0 aliphatic carbocycles. The van der Waals surface area contributed by atoms with Crippen LogP contribution >= 0.6 is 0 Å². The van der Waals surface area contributed by atoms with Crippen molar-refractivity contribution >= 4 is 99.6 Å². The van der Waals surface area contributed by atoms with Gasteiger partial charge in [-0.3, -0.25) is 71.9 Å². The number of aromatic nitrogens is 1. The fraction of sp³-hybridized carbons (Fsp3) is 0.592. The first kappa shape index (κ1) is 91.0. The standard InChI is InChI=1S/C71H111N17O19/c1-9-10-11-12-16-23-54(91)86-57(38(2)3)69(104)82-47(26-29-72)60(95)76-35-55(92)78-52(36-89)66(101)84-51(33-43-34-75-45-22-18-17-21-44(43)45)65(100)85-53(37-90)67(102)81-48(27-30-73)61(96)80-49(28-31-74)62(97)83-50(32-42-19-14-13-15-20-42)64(99)79-46(24-25-56(93)94)63(98)87-59(40(6)7)70(105)88-58(39(4)5)68(103)77-41(8)71(106)107/h13-15,17-22,34,38-41,46-53,57-59,75,89-90H,9-12,16,23-33,35-37,72-74H2,1-8H3,(H,76,95)(H,77,103)(H,78,92)(H,79,99)(H,80,96)(H,81,102)(H,82,104)(H,83,97)(H,84,101)(H,85,100)(H,86,91)(H,87,98)(H,88,105)(H,93,94)(H,106,107)/t41-,46-,47+,48-,49-,50-,51+,52+,53-,57+,58+,59-/m0/s1. The van der Waals surface area contributed by atoms with Crippen molar-refractivity contribution in [3.63, 3.8) is 0 Å². The molecule has 0 spiro atoms. The molecule has 36 nitrogen and oxygen atoms in total. The maximum absolute atomic E-state index is 14.5. The van der Waals surface area contributed by atoms with Crippen molar-refractivity contribution < 1.29 is 92.3 Å². The quantitative estimate of drug-likeness (QED) is 0.0241. The molecule has 2 aromatic carbocycles. The van der Waals surface area contributed by atoms with Crippen molar-refractivity contribution in [2.24, 2.45) is 35.0 Å². The summed E-state index contributed by atoms with van der Waals surface area (Å²) < 4.78 is 0. The maximum atomic E-state index is 14.5. The van der Waals surface area contributed by atoms with Crippen molar-refractivity contribution in [1.29, 1.82) is 0 Å². The summed E-state index contributed by atoms with van der Waals surface area (Å²) in [5, 5.41) is 72.8. The van der Waals surface area contributed by atoms with E-state index in [4.69, 9.17) is 17.2 Å². The van der Waals surface area contributed by atoms with E-state index >= 15 is 0 Å². The van der Waals surface area contributed by atoms with E-state index in [2.05, 4.69) is 81.0 Å². The summed E-state index contributed by atoms with van der Waals surface area (Å²) in [6.45, 7) is 9.46. The lowest BCUT2D eigenvalue weighted by atomic mass is 9.98. The number of benzene rings is 2. The third kappa shape index (κ3) is 31.4. The van der Waals surface area contributed by atoms with E-state index in [0.29, 0.717) is 28.5 Å². The molecule has 13 amide bonds. The second kappa shape index (κ2) is 47.4. The Morgan fingerprint density at radius 3 is 1.31 bits per heavy atom. The van der Waals surface area contributed by atoms with Gasteiger partial charge in [0, 0.05) is 42.8 Å². The molecule has 36 heteroatoms. The number of amides is 13. The molecule has 0 radical (unpaired) electrons. The lowest BCUT2D eigenvalue weighted by Gasteiger charge is -2.29. The molecule has 0 saturated carbocycles. The molecule has 0 bridgehead atoms. The predicted molar refractivity (Wildman–Crippen MR) is 392 cm³/mol. The summed E-state index contributed by atoms with van der Waals surface area (Å²) in [6.07, 6.45) is 3.80. The molecule has 0 saturated heterocycles. The monoisotopic (exact) mass is 1510 g/mol. The van der Waals surface area contributed by atoms with E-state index in [-0.39, 0.29) is 70.0 Å². The number of nitrogens with one attached hydrogen (secondary N) is 14. The molecule has 1 aromatic heterocycles. The fourth-order valence-electron chi connectivity index (χ4n) is 11.1. The summed E-state index contributed by atoms with van der Waals surface area (Å²) in [4.78, 5) is 206. The third-order valence-corrected chi connectivity index (χ3v) is 17.3. The van der Waals surface area contributed by atoms with Gasteiger partial charge in [0.15, 0.2) is 0 Å². The van der Waals surface area contributed by atoms with E-state index in [0.717, 1.165) is 25.7 Å². The number of rotatable bonds is 50. The zero-order chi connectivity index (χ0) is 80.0. The van der Waals surface area contributed by atoms with Crippen LogP contribution in [0.4, 0.5) is 0 Å². The first-order valence-corrected chi connectivity index (χ1v) is 36.0. The lowest BCUT2D eigenvalue weighted by molar-refractivity contribution is -0.142. The number of carbonyl (C=O) groups excluding carboxylic acids is 13. The number of fused-ring (bicyclic) bond motifs is 1. The summed E-state index contributed by atoms with van der Waals surface area (Å²) in [5.74, 6) is -16.4. The van der Waals surface area contributed by atoms with Crippen molar-refractivity contribution in [3.05, 3.63) is 71.9 Å². The summed E-state index contributed by atoms with van der Waals surface area (Å²) >= 11 is 0. The average molecular weight is 1510 g/mol. The average Bonchev–Trinajstić information content (AvgIpc) is 1.74. The first-order chi connectivity index (χ1) is 50.7. The zero-order valence-corrected chi connectivity index (χ0v) is 62.0. The van der Waals surface area contributed by atoms with Crippen LogP contribution < -0.4 is 86.3 Å². The van der Waals surface area contributed by atoms with Crippen LogP contribution in [0, 0.1) is 17.8 Å². The predicted octanol–water partition coefficient (Wildman–Crippen LogP) is -3.78. The van der Waals surface area contributed by atoms with Gasteiger partial charge in [0.05, 0.1) is 19.8 Å². The fourth-order valence-corrected chi connectivity index (χ4v) is 11.1. The van der Waals surface area contributed by atoms with Gasteiger partial charge in [-0.1, -0.05) is 123 Å².